The number of anilines is 1. The maximum absolute atomic E-state index is 12.7. The largest absolute Gasteiger partial charge is 0.394 e. The zero-order chi connectivity index (χ0) is 27.6. The molecule has 0 aliphatic carbocycles. The van der Waals surface area contributed by atoms with E-state index >= 15 is 0 Å². The number of nitrogens with one attached hydrogen (secondary N) is 1. The van der Waals surface area contributed by atoms with Crippen LogP contribution in [0.1, 0.15) is 31.1 Å². The molecular formula is C25H27N5O7S2. The first kappa shape index (κ1) is 28.7. The summed E-state index contributed by atoms with van der Waals surface area (Å²) in [5.41, 5.74) is -0.294. The van der Waals surface area contributed by atoms with Crippen LogP contribution >= 0.6 is 21.6 Å². The minimum absolute atomic E-state index is 0.0488. The molecule has 2 aromatic heterocycles. The monoisotopic (exact) mass is 573 g/mol. The highest BCUT2D eigenvalue weighted by atomic mass is 33.1. The van der Waals surface area contributed by atoms with Crippen LogP contribution in [0.25, 0.3) is 0 Å². The van der Waals surface area contributed by atoms with Crippen molar-refractivity contribution in [2.75, 3.05) is 17.7 Å². The van der Waals surface area contributed by atoms with E-state index in [4.69, 9.17) is 9.47 Å². The number of benzene rings is 1. The summed E-state index contributed by atoms with van der Waals surface area (Å²) < 4.78 is 12.9. The number of aromatic nitrogens is 3. The fourth-order valence-electron chi connectivity index (χ4n) is 3.92. The van der Waals surface area contributed by atoms with Gasteiger partial charge in [-0.25, -0.2) is 9.78 Å². The molecule has 0 saturated carbocycles. The summed E-state index contributed by atoms with van der Waals surface area (Å²) in [6.45, 7) is -0.403. The number of rotatable bonds is 13. The molecular weight excluding hydrogens is 546 g/mol. The smallest absolute Gasteiger partial charge is 0.351 e. The number of carbonyl (C=O) groups excluding carboxylic acids is 1. The van der Waals surface area contributed by atoms with Crippen LogP contribution in [0.2, 0.25) is 0 Å². The number of pyridine rings is 1. The highest BCUT2D eigenvalue weighted by Gasteiger charge is 2.37. The zero-order valence-electron chi connectivity index (χ0n) is 20.8. The Kier molecular flexibility index (Phi) is 10.4. The number of para-hydroxylation sites is 1. The maximum Gasteiger partial charge on any atom is 0.351 e. The normalized spacial score (nSPS) is 18.6. The Morgan fingerprint density at radius 1 is 1.26 bits per heavy atom. The number of aliphatic hydroxyl groups excluding tert-OH is 1. The Labute approximate surface area is 231 Å². The van der Waals surface area contributed by atoms with Gasteiger partial charge in [-0.3, -0.25) is 19.5 Å². The third-order valence-corrected chi connectivity index (χ3v) is 8.17. The van der Waals surface area contributed by atoms with Gasteiger partial charge >= 0.3 is 5.69 Å². The molecule has 1 aliphatic heterocycles. The summed E-state index contributed by atoms with van der Waals surface area (Å²) in [5.74, 6) is 0.650. The van der Waals surface area contributed by atoms with E-state index in [1.165, 1.54) is 22.9 Å². The lowest BCUT2D eigenvalue weighted by atomic mass is 10.1. The van der Waals surface area contributed by atoms with Gasteiger partial charge < -0.3 is 19.9 Å². The number of hydrogen-bond acceptors (Lipinski definition) is 11. The van der Waals surface area contributed by atoms with Crippen LogP contribution in [0.5, 0.6) is 0 Å². The third kappa shape index (κ3) is 8.10. The zero-order valence-corrected chi connectivity index (χ0v) is 22.4. The average Bonchev–Trinajstić information content (AvgIpc) is 3.35. The van der Waals surface area contributed by atoms with Gasteiger partial charge in [-0.15, -0.1) is 0 Å². The molecule has 14 heteroatoms. The van der Waals surface area contributed by atoms with Crippen LogP contribution in [0.4, 0.5) is 11.5 Å². The quantitative estimate of drug-likeness (QED) is 0.133. The number of hydrogen-bond donors (Lipinski definition) is 2. The molecule has 1 fully saturated rings. The number of carbonyl (C=O) groups is 1. The van der Waals surface area contributed by atoms with Crippen molar-refractivity contribution in [2.24, 2.45) is 0 Å². The van der Waals surface area contributed by atoms with Crippen LogP contribution in [0.3, 0.4) is 0 Å². The predicted octanol–water partition coefficient (Wildman–Crippen LogP) is 3.57. The Morgan fingerprint density at radius 3 is 2.82 bits per heavy atom. The highest BCUT2D eigenvalue weighted by Crippen LogP contribution is 2.32. The predicted molar refractivity (Wildman–Crippen MR) is 146 cm³/mol. The van der Waals surface area contributed by atoms with Crippen molar-refractivity contribution < 1.29 is 24.3 Å². The Bertz CT molecular complexity index is 1330. The molecule has 206 valence electrons. The molecule has 3 heterocycles. The van der Waals surface area contributed by atoms with Crippen molar-refractivity contribution in [3.8, 4) is 0 Å². The first-order valence-electron chi connectivity index (χ1n) is 12.1. The van der Waals surface area contributed by atoms with Crippen LogP contribution in [0, 0.1) is 10.1 Å². The van der Waals surface area contributed by atoms with E-state index in [2.05, 4.69) is 15.3 Å². The second kappa shape index (κ2) is 14.2. The molecule has 12 nitrogen and oxygen atoms in total. The van der Waals surface area contributed by atoms with E-state index in [1.807, 2.05) is 18.2 Å². The fraction of sp³-hybridized carbons (Fsp3) is 0.360. The van der Waals surface area contributed by atoms with Gasteiger partial charge in [-0.05, 0) is 41.5 Å². The minimum Gasteiger partial charge on any atom is -0.394 e. The Morgan fingerprint density at radius 2 is 2.08 bits per heavy atom. The van der Waals surface area contributed by atoms with Crippen LogP contribution in [-0.4, -0.2) is 55.0 Å². The molecule has 1 saturated heterocycles. The first-order chi connectivity index (χ1) is 18.9. The Hall–Kier alpha value is -3.30. The second-order valence-electron chi connectivity index (χ2n) is 8.51. The van der Waals surface area contributed by atoms with Crippen molar-refractivity contribution in [3.05, 3.63) is 87.1 Å². The van der Waals surface area contributed by atoms with Crippen molar-refractivity contribution in [1.82, 2.24) is 14.5 Å². The molecule has 39 heavy (non-hydrogen) atoms. The standard InChI is InChI=1S/C25H27N5O7S2/c31-15-20-19(36-16-17-6-1-2-7-18(17)30(34)35)14-24(37-20)29-12-10-21(28-25(29)33)27-22(32)8-5-13-38-39-23-9-3-4-11-26-23/h1-4,6-7,9-12,19-20,24,31H,5,8,13-16H2,(H,27,28,32,33). The van der Waals surface area contributed by atoms with Crippen molar-refractivity contribution in [1.29, 1.82) is 0 Å². The van der Waals surface area contributed by atoms with E-state index in [1.54, 1.807) is 46.0 Å². The molecule has 2 N–H and O–H groups in total. The second-order valence-corrected chi connectivity index (χ2v) is 10.9. The number of ether oxygens (including phenoxy) is 2. The van der Waals surface area contributed by atoms with Crippen LogP contribution in [0.15, 0.2) is 70.7 Å². The highest BCUT2D eigenvalue weighted by molar-refractivity contribution is 8.76. The summed E-state index contributed by atoms with van der Waals surface area (Å²) in [7, 11) is 3.16. The third-order valence-electron chi connectivity index (χ3n) is 5.82. The van der Waals surface area contributed by atoms with E-state index in [9.17, 15) is 24.8 Å². The van der Waals surface area contributed by atoms with Crippen molar-refractivity contribution in [3.63, 3.8) is 0 Å². The van der Waals surface area contributed by atoms with Gasteiger partial charge in [0, 0.05) is 37.1 Å². The molecule has 4 rings (SSSR count). The van der Waals surface area contributed by atoms with Crippen molar-refractivity contribution >= 4 is 39.0 Å². The molecule has 3 atom stereocenters. The summed E-state index contributed by atoms with van der Waals surface area (Å²) in [6.07, 6.45) is 2.28. The lowest BCUT2D eigenvalue weighted by Crippen LogP contribution is -2.29. The van der Waals surface area contributed by atoms with Gasteiger partial charge in [0.2, 0.25) is 5.91 Å². The molecule has 3 unspecified atom stereocenters. The minimum atomic E-state index is -0.753. The van der Waals surface area contributed by atoms with Gasteiger partial charge in [0.1, 0.15) is 23.2 Å². The summed E-state index contributed by atoms with van der Waals surface area (Å²) in [5, 5.41) is 24.5. The molecule has 1 amide bonds. The summed E-state index contributed by atoms with van der Waals surface area (Å²) in [6, 6.07) is 13.4. The number of aliphatic hydroxyl groups is 1. The van der Waals surface area contributed by atoms with Crippen LogP contribution < -0.4 is 11.0 Å². The molecule has 0 spiro atoms. The van der Waals surface area contributed by atoms with E-state index in [-0.39, 0.29) is 43.5 Å². The summed E-state index contributed by atoms with van der Waals surface area (Å²) in [4.78, 5) is 43.9. The lowest BCUT2D eigenvalue weighted by Gasteiger charge is -2.16. The van der Waals surface area contributed by atoms with Crippen molar-refractivity contribution in [2.45, 2.75) is 49.3 Å². The number of amides is 1. The molecule has 1 aromatic carbocycles. The van der Waals surface area contributed by atoms with Gasteiger partial charge in [0.25, 0.3) is 5.69 Å². The molecule has 0 bridgehead atoms. The van der Waals surface area contributed by atoms with E-state index < -0.39 is 29.0 Å². The Balaban J connectivity index is 1.26. The van der Waals surface area contributed by atoms with E-state index in [0.29, 0.717) is 12.0 Å². The number of nitrogens with zero attached hydrogens (tertiary/aromatic N) is 4. The maximum atomic E-state index is 12.7. The van der Waals surface area contributed by atoms with Gasteiger partial charge in [0.05, 0.1) is 29.8 Å². The average molecular weight is 574 g/mol. The number of nitro benzene ring substituents is 1. The van der Waals surface area contributed by atoms with Gasteiger partial charge in [-0.2, -0.15) is 4.98 Å². The summed E-state index contributed by atoms with van der Waals surface area (Å²) >= 11 is 0. The fourth-order valence-corrected chi connectivity index (χ4v) is 5.88. The molecule has 1 aliphatic rings. The molecule has 0 radical (unpaired) electrons. The first-order valence-corrected chi connectivity index (χ1v) is 14.5. The molecule has 3 aromatic rings. The van der Waals surface area contributed by atoms with Gasteiger partial charge in [-0.1, -0.05) is 29.0 Å². The van der Waals surface area contributed by atoms with Crippen LogP contribution in [-0.2, 0) is 20.9 Å². The number of nitro groups is 1. The topological polar surface area (TPSA) is 159 Å². The lowest BCUT2D eigenvalue weighted by molar-refractivity contribution is -0.386. The van der Waals surface area contributed by atoms with E-state index in [0.717, 1.165) is 10.8 Å². The van der Waals surface area contributed by atoms with Gasteiger partial charge in [0.15, 0.2) is 0 Å². The SMILES string of the molecule is O=C(CCCSSc1ccccn1)Nc1ccn(C2CC(OCc3ccccc3[N+](=O)[O-])C(CO)O2)c(=O)n1.